The molecule has 2 aromatic rings. The van der Waals surface area contributed by atoms with Crippen molar-refractivity contribution >= 4 is 40.8 Å². The predicted octanol–water partition coefficient (Wildman–Crippen LogP) is 3.45. The molecule has 1 aliphatic heterocycles. The highest BCUT2D eigenvalue weighted by Crippen LogP contribution is 2.34. The summed E-state index contributed by atoms with van der Waals surface area (Å²) in [6, 6.07) is 5.18. The summed E-state index contributed by atoms with van der Waals surface area (Å²) in [6.07, 6.45) is 5.94. The fourth-order valence-electron chi connectivity index (χ4n) is 2.24. The molecule has 0 radical (unpaired) electrons. The van der Waals surface area contributed by atoms with Gasteiger partial charge in [0.1, 0.15) is 5.03 Å². The molecule has 0 atom stereocenters. The second-order valence-corrected chi connectivity index (χ2v) is 5.72. The minimum Gasteiger partial charge on any atom is -0.306 e. The molecule has 3 rings (SSSR count). The second kappa shape index (κ2) is 5.91. The Morgan fingerprint density at radius 1 is 1.52 bits per heavy atom. The standard InChI is InChI=1S/C14H13ClN4OS/c1-21-13-10(15)7-12-11(18-13)4-6-19(12)14(20)17-9-3-2-5-16-8-9/h2-3,5,7-8H,4,6H2,1H3,(H,17,20). The molecule has 1 N–H and O–H groups in total. The Labute approximate surface area is 131 Å². The van der Waals surface area contributed by atoms with Crippen LogP contribution in [-0.4, -0.2) is 28.8 Å². The molecule has 2 amide bonds. The lowest BCUT2D eigenvalue weighted by Gasteiger charge is -2.18. The van der Waals surface area contributed by atoms with Gasteiger partial charge in [0.05, 0.1) is 28.3 Å². The van der Waals surface area contributed by atoms with Crippen molar-refractivity contribution in [1.29, 1.82) is 0 Å². The number of carbonyl (C=O) groups is 1. The third-order valence-electron chi connectivity index (χ3n) is 3.21. The Balaban J connectivity index is 1.84. The van der Waals surface area contributed by atoms with E-state index in [1.807, 2.05) is 12.3 Å². The zero-order chi connectivity index (χ0) is 14.8. The Morgan fingerprint density at radius 3 is 3.10 bits per heavy atom. The number of thioether (sulfide) groups is 1. The van der Waals surface area contributed by atoms with Crippen LogP contribution in [0.4, 0.5) is 16.2 Å². The normalized spacial score (nSPS) is 13.1. The number of halogens is 1. The van der Waals surface area contributed by atoms with Gasteiger partial charge in [0, 0.05) is 19.2 Å². The van der Waals surface area contributed by atoms with E-state index in [2.05, 4.69) is 15.3 Å². The summed E-state index contributed by atoms with van der Waals surface area (Å²) in [5.41, 5.74) is 2.35. The van der Waals surface area contributed by atoms with Gasteiger partial charge >= 0.3 is 6.03 Å². The van der Waals surface area contributed by atoms with Gasteiger partial charge in [-0.05, 0) is 24.5 Å². The molecule has 21 heavy (non-hydrogen) atoms. The van der Waals surface area contributed by atoms with Crippen molar-refractivity contribution in [2.24, 2.45) is 0 Å². The maximum atomic E-state index is 12.4. The number of aromatic nitrogens is 2. The zero-order valence-corrected chi connectivity index (χ0v) is 12.9. The van der Waals surface area contributed by atoms with Gasteiger partial charge in [0.15, 0.2) is 0 Å². The Bertz CT molecular complexity index is 680. The van der Waals surface area contributed by atoms with Crippen molar-refractivity contribution in [1.82, 2.24) is 9.97 Å². The summed E-state index contributed by atoms with van der Waals surface area (Å²) < 4.78 is 0. The highest BCUT2D eigenvalue weighted by atomic mass is 35.5. The zero-order valence-electron chi connectivity index (χ0n) is 11.3. The molecule has 0 fully saturated rings. The van der Waals surface area contributed by atoms with Crippen molar-refractivity contribution in [2.75, 3.05) is 23.0 Å². The van der Waals surface area contributed by atoms with E-state index in [0.717, 1.165) is 22.8 Å². The largest absolute Gasteiger partial charge is 0.326 e. The molecule has 3 heterocycles. The summed E-state index contributed by atoms with van der Waals surface area (Å²) in [6.45, 7) is 0.600. The van der Waals surface area contributed by atoms with Crippen LogP contribution in [0.3, 0.4) is 0 Å². The van der Waals surface area contributed by atoms with Crippen LogP contribution >= 0.6 is 23.4 Å². The number of nitrogens with one attached hydrogen (secondary N) is 1. The van der Waals surface area contributed by atoms with Gasteiger partial charge in [-0.1, -0.05) is 11.6 Å². The number of nitrogens with zero attached hydrogens (tertiary/aromatic N) is 3. The van der Waals surface area contributed by atoms with Gasteiger partial charge in [-0.2, -0.15) is 0 Å². The first-order valence-electron chi connectivity index (χ1n) is 6.41. The van der Waals surface area contributed by atoms with Crippen molar-refractivity contribution < 1.29 is 4.79 Å². The minimum atomic E-state index is -0.198. The smallest absolute Gasteiger partial charge is 0.306 e. The van der Waals surface area contributed by atoms with Gasteiger partial charge in [0.2, 0.25) is 0 Å². The predicted molar refractivity (Wildman–Crippen MR) is 85.3 cm³/mol. The molecule has 5 nitrogen and oxygen atoms in total. The van der Waals surface area contributed by atoms with Crippen LogP contribution in [0.5, 0.6) is 0 Å². The highest BCUT2D eigenvalue weighted by Gasteiger charge is 2.27. The van der Waals surface area contributed by atoms with Crippen LogP contribution in [-0.2, 0) is 6.42 Å². The molecule has 1 aliphatic rings. The van der Waals surface area contributed by atoms with Crippen LogP contribution in [0, 0.1) is 0 Å². The van der Waals surface area contributed by atoms with Gasteiger partial charge in [-0.15, -0.1) is 11.8 Å². The Morgan fingerprint density at radius 2 is 2.38 bits per heavy atom. The van der Waals surface area contributed by atoms with E-state index in [1.165, 1.54) is 11.8 Å². The number of urea groups is 1. The van der Waals surface area contributed by atoms with Crippen molar-refractivity contribution in [2.45, 2.75) is 11.4 Å². The number of hydrogen-bond donors (Lipinski definition) is 1. The summed E-state index contributed by atoms with van der Waals surface area (Å²) >= 11 is 7.69. The van der Waals surface area contributed by atoms with Gasteiger partial charge < -0.3 is 5.32 Å². The molecule has 108 valence electrons. The molecular formula is C14H13ClN4OS. The molecule has 0 bridgehead atoms. The number of anilines is 2. The monoisotopic (exact) mass is 320 g/mol. The third-order valence-corrected chi connectivity index (χ3v) is 4.31. The molecule has 2 aromatic heterocycles. The molecule has 7 heteroatoms. The molecule has 0 saturated heterocycles. The maximum absolute atomic E-state index is 12.4. The number of carbonyl (C=O) groups excluding carboxylic acids is 1. The molecule has 0 aliphatic carbocycles. The number of fused-ring (bicyclic) bond motifs is 1. The van der Waals surface area contributed by atoms with Crippen LogP contribution in [0.1, 0.15) is 5.69 Å². The lowest BCUT2D eigenvalue weighted by atomic mass is 10.3. The van der Waals surface area contributed by atoms with E-state index in [-0.39, 0.29) is 6.03 Å². The molecule has 0 spiro atoms. The third kappa shape index (κ3) is 2.82. The van der Waals surface area contributed by atoms with E-state index in [9.17, 15) is 4.79 Å². The van der Waals surface area contributed by atoms with Crippen molar-refractivity contribution in [3.8, 4) is 0 Å². The minimum absolute atomic E-state index is 0.198. The number of hydrogen-bond acceptors (Lipinski definition) is 4. The Kier molecular flexibility index (Phi) is 3.98. The fraction of sp³-hybridized carbons (Fsp3) is 0.214. The first-order valence-corrected chi connectivity index (χ1v) is 8.01. The average Bonchev–Trinajstić information content (AvgIpc) is 2.90. The maximum Gasteiger partial charge on any atom is 0.326 e. The number of pyridine rings is 2. The van der Waals surface area contributed by atoms with Crippen LogP contribution in [0.25, 0.3) is 0 Å². The lowest BCUT2D eigenvalue weighted by molar-refractivity contribution is 0.257. The summed E-state index contributed by atoms with van der Waals surface area (Å²) in [7, 11) is 0. The van der Waals surface area contributed by atoms with E-state index in [1.54, 1.807) is 29.4 Å². The second-order valence-electron chi connectivity index (χ2n) is 4.52. The first-order chi connectivity index (χ1) is 10.2. The quantitative estimate of drug-likeness (QED) is 0.861. The van der Waals surface area contributed by atoms with E-state index >= 15 is 0 Å². The van der Waals surface area contributed by atoms with E-state index in [0.29, 0.717) is 17.3 Å². The molecule has 0 aromatic carbocycles. The van der Waals surface area contributed by atoms with Gasteiger partial charge in [0.25, 0.3) is 0 Å². The SMILES string of the molecule is CSc1nc2c(cc1Cl)N(C(=O)Nc1cccnc1)CC2. The molecular weight excluding hydrogens is 308 g/mol. The topological polar surface area (TPSA) is 58.1 Å². The first kappa shape index (κ1) is 14.2. The van der Waals surface area contributed by atoms with Crippen LogP contribution in [0.2, 0.25) is 5.02 Å². The fourth-order valence-corrected chi connectivity index (χ4v) is 3.07. The van der Waals surface area contributed by atoms with Crippen LogP contribution in [0.15, 0.2) is 35.6 Å². The van der Waals surface area contributed by atoms with E-state index in [4.69, 9.17) is 11.6 Å². The molecule has 0 saturated carbocycles. The van der Waals surface area contributed by atoms with Crippen molar-refractivity contribution in [3.05, 3.63) is 41.3 Å². The van der Waals surface area contributed by atoms with E-state index < -0.39 is 0 Å². The number of rotatable bonds is 2. The molecule has 0 unspecified atom stereocenters. The number of amides is 2. The lowest BCUT2D eigenvalue weighted by Crippen LogP contribution is -2.33. The Hall–Kier alpha value is -1.79. The van der Waals surface area contributed by atoms with Gasteiger partial charge in [-0.25, -0.2) is 9.78 Å². The van der Waals surface area contributed by atoms with Crippen LogP contribution < -0.4 is 10.2 Å². The summed E-state index contributed by atoms with van der Waals surface area (Å²) in [4.78, 5) is 22.5. The summed E-state index contributed by atoms with van der Waals surface area (Å²) in [5.74, 6) is 0. The average molecular weight is 321 g/mol. The van der Waals surface area contributed by atoms with Gasteiger partial charge in [-0.3, -0.25) is 9.88 Å². The summed E-state index contributed by atoms with van der Waals surface area (Å²) in [5, 5.41) is 4.19. The van der Waals surface area contributed by atoms with Crippen molar-refractivity contribution in [3.63, 3.8) is 0 Å². The highest BCUT2D eigenvalue weighted by molar-refractivity contribution is 7.98.